The van der Waals surface area contributed by atoms with Gasteiger partial charge in [0.05, 0.1) is 48.8 Å². The van der Waals surface area contributed by atoms with Crippen LogP contribution in [0.25, 0.3) is 22.3 Å². The van der Waals surface area contributed by atoms with Gasteiger partial charge in [-0.1, -0.05) is 0 Å². The quantitative estimate of drug-likeness (QED) is 0.413. The summed E-state index contributed by atoms with van der Waals surface area (Å²) in [5.41, 5.74) is 10.3. The van der Waals surface area contributed by atoms with E-state index in [4.69, 9.17) is 10.8 Å². The summed E-state index contributed by atoms with van der Waals surface area (Å²) >= 11 is 0. The molecule has 0 aromatic carbocycles. The van der Waals surface area contributed by atoms with E-state index in [9.17, 15) is 0 Å². The lowest BCUT2D eigenvalue weighted by Crippen LogP contribution is -2.07. The average Bonchev–Trinajstić information content (AvgIpc) is 3.28. The maximum atomic E-state index is 8.99. The number of rotatable bonds is 6. The number of aromatic nitrogens is 6. The highest BCUT2D eigenvalue weighted by Crippen LogP contribution is 2.21. The molecule has 4 aromatic rings. The topological polar surface area (TPSA) is 131 Å². The Morgan fingerprint density at radius 3 is 3.04 bits per heavy atom. The zero-order chi connectivity index (χ0) is 17.9. The summed E-state index contributed by atoms with van der Waals surface area (Å²) < 4.78 is 1.65. The first kappa shape index (κ1) is 16.0. The standard InChI is InChI=1S/C17H18N8O/c18-16-17(21-8-12-6-14-13(23-12)2-1-3-19-14)24-15(9-20-16)11-7-22-25(10-11)4-5-26/h1-3,6-7,9-10,23,26H,4-5,8H2,(H2,18,20)(H,21,24). The number of aliphatic hydroxyl groups is 1. The highest BCUT2D eigenvalue weighted by atomic mass is 16.3. The molecule has 9 nitrogen and oxygen atoms in total. The van der Waals surface area contributed by atoms with Gasteiger partial charge in [-0.2, -0.15) is 5.10 Å². The first-order chi connectivity index (χ1) is 12.7. The number of nitrogens with zero attached hydrogens (tertiary/aromatic N) is 5. The number of fused-ring (bicyclic) bond motifs is 1. The van der Waals surface area contributed by atoms with Crippen LogP contribution in [0.4, 0.5) is 11.6 Å². The van der Waals surface area contributed by atoms with Crippen molar-refractivity contribution in [1.29, 1.82) is 0 Å². The third-order valence-electron chi connectivity index (χ3n) is 3.95. The van der Waals surface area contributed by atoms with Gasteiger partial charge >= 0.3 is 0 Å². The summed E-state index contributed by atoms with van der Waals surface area (Å²) in [7, 11) is 0. The third-order valence-corrected chi connectivity index (χ3v) is 3.95. The van der Waals surface area contributed by atoms with Crippen LogP contribution in [0.5, 0.6) is 0 Å². The van der Waals surface area contributed by atoms with E-state index in [0.29, 0.717) is 30.4 Å². The number of aromatic amines is 1. The van der Waals surface area contributed by atoms with Crippen LogP contribution >= 0.6 is 0 Å². The summed E-state index contributed by atoms with van der Waals surface area (Å²) in [5.74, 6) is 0.828. The zero-order valence-corrected chi connectivity index (χ0v) is 13.9. The van der Waals surface area contributed by atoms with Crippen LogP contribution in [0.15, 0.2) is 43.0 Å². The molecule has 0 bridgehead atoms. The number of nitrogens with one attached hydrogen (secondary N) is 2. The molecule has 0 saturated carbocycles. The molecule has 0 amide bonds. The summed E-state index contributed by atoms with van der Waals surface area (Å²) in [6, 6.07) is 5.85. The predicted molar refractivity (Wildman–Crippen MR) is 98.2 cm³/mol. The molecule has 4 aromatic heterocycles. The van der Waals surface area contributed by atoms with Crippen LogP contribution in [-0.4, -0.2) is 41.4 Å². The molecule has 0 atom stereocenters. The van der Waals surface area contributed by atoms with Gasteiger partial charge < -0.3 is 21.1 Å². The van der Waals surface area contributed by atoms with Crippen LogP contribution < -0.4 is 11.1 Å². The van der Waals surface area contributed by atoms with Gasteiger partial charge in [-0.25, -0.2) is 9.97 Å². The van der Waals surface area contributed by atoms with Crippen molar-refractivity contribution in [3.63, 3.8) is 0 Å². The molecule has 5 N–H and O–H groups in total. The van der Waals surface area contributed by atoms with Crippen molar-refractivity contribution < 1.29 is 5.11 Å². The molecule has 0 unspecified atom stereocenters. The molecule has 0 aliphatic rings. The Morgan fingerprint density at radius 1 is 1.27 bits per heavy atom. The first-order valence-corrected chi connectivity index (χ1v) is 8.15. The molecule has 26 heavy (non-hydrogen) atoms. The van der Waals surface area contributed by atoms with Crippen LogP contribution in [0.3, 0.4) is 0 Å². The average molecular weight is 350 g/mol. The van der Waals surface area contributed by atoms with E-state index in [2.05, 4.69) is 30.4 Å². The maximum absolute atomic E-state index is 8.99. The second-order valence-corrected chi connectivity index (χ2v) is 5.79. The van der Waals surface area contributed by atoms with E-state index in [-0.39, 0.29) is 6.61 Å². The Hall–Kier alpha value is -3.46. The predicted octanol–water partition coefficient (Wildman–Crippen LogP) is 1.40. The molecule has 4 rings (SSSR count). The molecule has 4 heterocycles. The van der Waals surface area contributed by atoms with E-state index in [1.165, 1.54) is 0 Å². The Labute approximate surface area is 148 Å². The minimum absolute atomic E-state index is 0.0285. The van der Waals surface area contributed by atoms with E-state index in [1.54, 1.807) is 23.3 Å². The van der Waals surface area contributed by atoms with Gasteiger partial charge in [0.25, 0.3) is 0 Å². The lowest BCUT2D eigenvalue weighted by atomic mass is 10.2. The minimum Gasteiger partial charge on any atom is -0.394 e. The Morgan fingerprint density at radius 2 is 2.19 bits per heavy atom. The number of nitrogens with two attached hydrogens (primary N) is 1. The number of hydrogen-bond donors (Lipinski definition) is 4. The van der Waals surface area contributed by atoms with Gasteiger partial charge in [0.15, 0.2) is 11.6 Å². The highest BCUT2D eigenvalue weighted by molar-refractivity contribution is 5.75. The molecule has 0 aliphatic heterocycles. The fourth-order valence-electron chi connectivity index (χ4n) is 2.67. The molecule has 0 fully saturated rings. The number of pyridine rings is 1. The summed E-state index contributed by atoms with van der Waals surface area (Å²) in [5, 5.41) is 16.4. The number of hydrogen-bond acceptors (Lipinski definition) is 7. The monoisotopic (exact) mass is 350 g/mol. The van der Waals surface area contributed by atoms with Crippen molar-refractivity contribution in [1.82, 2.24) is 29.7 Å². The molecular weight excluding hydrogens is 332 g/mol. The van der Waals surface area contributed by atoms with Crippen molar-refractivity contribution in [2.75, 3.05) is 17.7 Å². The zero-order valence-electron chi connectivity index (χ0n) is 13.9. The highest BCUT2D eigenvalue weighted by Gasteiger charge is 2.09. The second kappa shape index (κ2) is 6.81. The van der Waals surface area contributed by atoms with Crippen LogP contribution in [0, 0.1) is 0 Å². The van der Waals surface area contributed by atoms with Crippen LogP contribution in [0.2, 0.25) is 0 Å². The molecule has 0 saturated heterocycles. The van der Waals surface area contributed by atoms with Gasteiger partial charge in [-0.05, 0) is 18.2 Å². The lowest BCUT2D eigenvalue weighted by Gasteiger charge is -2.08. The van der Waals surface area contributed by atoms with Crippen molar-refractivity contribution in [3.8, 4) is 11.3 Å². The van der Waals surface area contributed by atoms with E-state index in [0.717, 1.165) is 22.3 Å². The van der Waals surface area contributed by atoms with Gasteiger partial charge in [0.1, 0.15) is 0 Å². The number of anilines is 2. The Balaban J connectivity index is 1.53. The van der Waals surface area contributed by atoms with Crippen LogP contribution in [0.1, 0.15) is 5.69 Å². The van der Waals surface area contributed by atoms with E-state index >= 15 is 0 Å². The molecule has 0 radical (unpaired) electrons. The third kappa shape index (κ3) is 3.20. The largest absolute Gasteiger partial charge is 0.394 e. The van der Waals surface area contributed by atoms with Gasteiger partial charge in [0, 0.05) is 23.7 Å². The fourth-order valence-corrected chi connectivity index (χ4v) is 2.67. The molecule has 132 valence electrons. The van der Waals surface area contributed by atoms with Gasteiger partial charge in [0.2, 0.25) is 0 Å². The summed E-state index contributed by atoms with van der Waals surface area (Å²) in [6.07, 6.45) is 6.86. The fraction of sp³-hybridized carbons (Fsp3) is 0.176. The number of nitrogen functional groups attached to an aromatic ring is 1. The SMILES string of the molecule is Nc1ncc(-c2cnn(CCO)c2)nc1NCc1cc2ncccc2[nH]1. The molecule has 0 aliphatic carbocycles. The number of H-pyrrole nitrogens is 1. The first-order valence-electron chi connectivity index (χ1n) is 8.15. The van der Waals surface area contributed by atoms with Crippen molar-refractivity contribution in [2.24, 2.45) is 0 Å². The van der Waals surface area contributed by atoms with Crippen molar-refractivity contribution in [3.05, 3.63) is 48.7 Å². The van der Waals surface area contributed by atoms with E-state index < -0.39 is 0 Å². The number of aliphatic hydroxyl groups excluding tert-OH is 1. The van der Waals surface area contributed by atoms with Crippen LogP contribution in [-0.2, 0) is 13.1 Å². The maximum Gasteiger partial charge on any atom is 0.169 e. The van der Waals surface area contributed by atoms with Crippen molar-refractivity contribution >= 4 is 22.7 Å². The minimum atomic E-state index is 0.0285. The molecule has 0 spiro atoms. The Bertz CT molecular complexity index is 1010. The normalized spacial score (nSPS) is 11.1. The second-order valence-electron chi connectivity index (χ2n) is 5.79. The van der Waals surface area contributed by atoms with E-state index in [1.807, 2.05) is 24.4 Å². The molecule has 9 heteroatoms. The molecular formula is C17H18N8O. The van der Waals surface area contributed by atoms with Crippen molar-refractivity contribution in [2.45, 2.75) is 13.1 Å². The smallest absolute Gasteiger partial charge is 0.169 e. The Kier molecular flexibility index (Phi) is 4.20. The van der Waals surface area contributed by atoms with Gasteiger partial charge in [-0.3, -0.25) is 9.67 Å². The van der Waals surface area contributed by atoms with Gasteiger partial charge in [-0.15, -0.1) is 0 Å². The summed E-state index contributed by atoms with van der Waals surface area (Å²) in [4.78, 5) is 16.4. The summed E-state index contributed by atoms with van der Waals surface area (Å²) in [6.45, 7) is 0.977. The lowest BCUT2D eigenvalue weighted by molar-refractivity contribution is 0.269.